The summed E-state index contributed by atoms with van der Waals surface area (Å²) in [5.41, 5.74) is 0.713. The zero-order chi connectivity index (χ0) is 19.7. The van der Waals surface area contributed by atoms with E-state index >= 15 is 0 Å². The number of hydrogen-bond donors (Lipinski definition) is 2. The zero-order valence-corrected chi connectivity index (χ0v) is 16.5. The maximum Gasteiger partial charge on any atom is 0.267 e. The fraction of sp³-hybridized carbons (Fsp3) is 0.545. The van der Waals surface area contributed by atoms with E-state index in [0.29, 0.717) is 17.2 Å². The molecule has 0 heterocycles. The van der Waals surface area contributed by atoms with Gasteiger partial charge in [0.1, 0.15) is 11.6 Å². The smallest absolute Gasteiger partial charge is 0.267 e. The average Bonchev–Trinajstić information content (AvgIpc) is 2.67. The molecule has 0 radical (unpaired) electrons. The Bertz CT molecular complexity index is 805. The Kier molecular flexibility index (Phi) is 4.92. The second kappa shape index (κ2) is 7.38. The average molecular weight is 381 g/mol. The summed E-state index contributed by atoms with van der Waals surface area (Å²) in [6.45, 7) is 0. The third kappa shape index (κ3) is 3.54. The van der Waals surface area contributed by atoms with Gasteiger partial charge in [0.25, 0.3) is 5.91 Å². The number of nitrogens with one attached hydrogen (secondary N) is 2. The third-order valence-corrected chi connectivity index (χ3v) is 6.57. The molecule has 0 atom stereocenters. The normalized spacial score (nSPS) is 30.5. The van der Waals surface area contributed by atoms with Gasteiger partial charge in [-0.15, -0.1) is 0 Å². The molecule has 0 aliphatic heterocycles. The Morgan fingerprint density at radius 1 is 1.11 bits per heavy atom. The van der Waals surface area contributed by atoms with Gasteiger partial charge in [0.05, 0.1) is 14.2 Å². The molecule has 0 unspecified atom stereocenters. The minimum absolute atomic E-state index is 0.0699. The highest BCUT2D eigenvalue weighted by molar-refractivity contribution is 6.06. The van der Waals surface area contributed by atoms with Crippen LogP contribution in [0.25, 0.3) is 0 Å². The molecule has 1 aromatic rings. The lowest BCUT2D eigenvalue weighted by Gasteiger charge is -2.56. The molecule has 0 saturated heterocycles. The van der Waals surface area contributed by atoms with Crippen LogP contribution in [0.3, 0.4) is 0 Å². The molecule has 5 rings (SSSR count). The van der Waals surface area contributed by atoms with Gasteiger partial charge >= 0.3 is 0 Å². The molecule has 0 spiro atoms. The first-order chi connectivity index (χ1) is 13.5. The zero-order valence-electron chi connectivity index (χ0n) is 16.5. The molecular formula is C22H27N3O3. The lowest BCUT2D eigenvalue weighted by atomic mass is 9.53. The number of ether oxygens (including phenoxy) is 2. The second-order valence-corrected chi connectivity index (χ2v) is 8.54. The Balaban J connectivity index is 1.45. The first-order valence-corrected chi connectivity index (χ1v) is 9.95. The van der Waals surface area contributed by atoms with Gasteiger partial charge < -0.3 is 20.1 Å². The molecule has 4 bridgehead atoms. The topological polar surface area (TPSA) is 83.4 Å². The Labute approximate surface area is 165 Å². The van der Waals surface area contributed by atoms with Crippen LogP contribution in [0.2, 0.25) is 0 Å². The Morgan fingerprint density at radius 2 is 1.71 bits per heavy atom. The van der Waals surface area contributed by atoms with Crippen molar-refractivity contribution in [3.63, 3.8) is 0 Å². The molecular weight excluding hydrogens is 354 g/mol. The van der Waals surface area contributed by atoms with Gasteiger partial charge in [-0.1, -0.05) is 0 Å². The fourth-order valence-electron chi connectivity index (χ4n) is 5.77. The van der Waals surface area contributed by atoms with Gasteiger partial charge in [0, 0.05) is 23.5 Å². The van der Waals surface area contributed by atoms with Crippen LogP contribution < -0.4 is 20.1 Å². The van der Waals surface area contributed by atoms with Crippen LogP contribution in [0.15, 0.2) is 30.0 Å². The first kappa shape index (κ1) is 18.7. The SMILES string of the molecule is COc1ccc(NC(=O)/C(C#N)=C\NC23CC4CC(CC(C4)C2)C3)cc1OC. The Morgan fingerprint density at radius 3 is 2.25 bits per heavy atom. The van der Waals surface area contributed by atoms with E-state index < -0.39 is 5.91 Å². The summed E-state index contributed by atoms with van der Waals surface area (Å²) in [6.07, 6.45) is 9.17. The van der Waals surface area contributed by atoms with E-state index in [0.717, 1.165) is 37.0 Å². The van der Waals surface area contributed by atoms with Crippen LogP contribution in [0.5, 0.6) is 11.5 Å². The number of nitrogens with zero attached hydrogens (tertiary/aromatic N) is 1. The maximum absolute atomic E-state index is 12.6. The van der Waals surface area contributed by atoms with Gasteiger partial charge in [-0.2, -0.15) is 5.26 Å². The number of carbonyl (C=O) groups excluding carboxylic acids is 1. The summed E-state index contributed by atoms with van der Waals surface area (Å²) in [6, 6.07) is 7.16. The quantitative estimate of drug-likeness (QED) is 0.581. The molecule has 1 amide bonds. The minimum Gasteiger partial charge on any atom is -0.493 e. The lowest BCUT2D eigenvalue weighted by Crippen LogP contribution is -2.57. The van der Waals surface area contributed by atoms with Gasteiger partial charge in [0.2, 0.25) is 0 Å². The largest absolute Gasteiger partial charge is 0.493 e. The van der Waals surface area contributed by atoms with E-state index in [1.165, 1.54) is 19.3 Å². The van der Waals surface area contributed by atoms with E-state index in [1.54, 1.807) is 38.6 Å². The monoisotopic (exact) mass is 381 g/mol. The van der Waals surface area contributed by atoms with Crippen molar-refractivity contribution in [1.29, 1.82) is 5.26 Å². The molecule has 2 N–H and O–H groups in total. The van der Waals surface area contributed by atoms with E-state index in [4.69, 9.17) is 9.47 Å². The number of methoxy groups -OCH3 is 2. The number of hydrogen-bond acceptors (Lipinski definition) is 5. The van der Waals surface area contributed by atoms with Gasteiger partial charge in [0.15, 0.2) is 11.5 Å². The lowest BCUT2D eigenvalue weighted by molar-refractivity contribution is -0.112. The van der Waals surface area contributed by atoms with E-state index in [-0.39, 0.29) is 11.1 Å². The molecule has 6 nitrogen and oxygen atoms in total. The number of rotatable bonds is 6. The predicted octanol–water partition coefficient (Wildman–Crippen LogP) is 3.61. The molecule has 0 aromatic heterocycles. The number of carbonyl (C=O) groups is 1. The summed E-state index contributed by atoms with van der Waals surface area (Å²) in [7, 11) is 3.10. The number of anilines is 1. The minimum atomic E-state index is -0.424. The summed E-state index contributed by atoms with van der Waals surface area (Å²) in [4.78, 5) is 12.6. The van der Waals surface area contributed by atoms with Crippen LogP contribution in [0.1, 0.15) is 38.5 Å². The van der Waals surface area contributed by atoms with Crippen LogP contribution in [0, 0.1) is 29.1 Å². The molecule has 148 valence electrons. The number of benzene rings is 1. The number of amides is 1. The molecule has 6 heteroatoms. The van der Waals surface area contributed by atoms with Crippen LogP contribution >= 0.6 is 0 Å². The van der Waals surface area contributed by atoms with E-state index in [2.05, 4.69) is 10.6 Å². The highest BCUT2D eigenvalue weighted by Gasteiger charge is 2.50. The van der Waals surface area contributed by atoms with Crippen LogP contribution in [-0.2, 0) is 4.79 Å². The fourth-order valence-corrected chi connectivity index (χ4v) is 5.77. The van der Waals surface area contributed by atoms with Crippen molar-refractivity contribution >= 4 is 11.6 Å². The van der Waals surface area contributed by atoms with Gasteiger partial charge in [-0.05, 0) is 68.4 Å². The maximum atomic E-state index is 12.6. The van der Waals surface area contributed by atoms with Crippen molar-refractivity contribution in [2.45, 2.75) is 44.1 Å². The van der Waals surface area contributed by atoms with Crippen LogP contribution in [0.4, 0.5) is 5.69 Å². The van der Waals surface area contributed by atoms with Crippen molar-refractivity contribution in [3.05, 3.63) is 30.0 Å². The molecule has 4 saturated carbocycles. The third-order valence-electron chi connectivity index (χ3n) is 6.57. The summed E-state index contributed by atoms with van der Waals surface area (Å²) in [5.74, 6) is 3.09. The van der Waals surface area contributed by atoms with Crippen molar-refractivity contribution in [1.82, 2.24) is 5.32 Å². The molecule has 4 aliphatic carbocycles. The molecule has 4 fully saturated rings. The summed E-state index contributed by atoms with van der Waals surface area (Å²) in [5, 5.41) is 15.8. The molecule has 4 aliphatic rings. The predicted molar refractivity (Wildman–Crippen MR) is 106 cm³/mol. The standard InChI is InChI=1S/C22H27N3O3/c1-27-19-4-3-18(8-20(19)28-2)25-21(26)17(12-23)13-24-22-9-14-5-15(10-22)7-16(6-14)11-22/h3-4,8,13-16,24H,5-7,9-11H2,1-2H3,(H,25,26)/b17-13-. The van der Waals surface area contributed by atoms with Crippen LogP contribution in [-0.4, -0.2) is 25.7 Å². The van der Waals surface area contributed by atoms with Crippen molar-refractivity contribution < 1.29 is 14.3 Å². The van der Waals surface area contributed by atoms with Crippen molar-refractivity contribution in [3.8, 4) is 17.6 Å². The Hall–Kier alpha value is -2.68. The van der Waals surface area contributed by atoms with Gasteiger partial charge in [-0.25, -0.2) is 0 Å². The van der Waals surface area contributed by atoms with E-state index in [1.807, 2.05) is 6.07 Å². The van der Waals surface area contributed by atoms with Gasteiger partial charge in [-0.3, -0.25) is 4.79 Å². The summed E-state index contributed by atoms with van der Waals surface area (Å²) < 4.78 is 10.5. The highest BCUT2D eigenvalue weighted by atomic mass is 16.5. The van der Waals surface area contributed by atoms with E-state index in [9.17, 15) is 10.1 Å². The summed E-state index contributed by atoms with van der Waals surface area (Å²) >= 11 is 0. The number of nitriles is 1. The first-order valence-electron chi connectivity index (χ1n) is 9.95. The van der Waals surface area contributed by atoms with Crippen molar-refractivity contribution in [2.24, 2.45) is 17.8 Å². The van der Waals surface area contributed by atoms with Crippen molar-refractivity contribution in [2.75, 3.05) is 19.5 Å². The molecule has 1 aromatic carbocycles. The molecule has 28 heavy (non-hydrogen) atoms. The highest BCUT2D eigenvalue weighted by Crippen LogP contribution is 2.55. The second-order valence-electron chi connectivity index (χ2n) is 8.54.